The molecule has 12 heavy (non-hydrogen) atoms. The van der Waals surface area contributed by atoms with E-state index in [0.29, 0.717) is 0 Å². The van der Waals surface area contributed by atoms with E-state index in [0.717, 1.165) is 0 Å². The number of nitrogens with two attached hydrogens (primary N) is 1. The number of carboxylic acid groups (broad SMARTS) is 1. The monoisotopic (exact) mass is 203 g/mol. The average molecular weight is 204 g/mol. The first-order valence-corrected chi connectivity index (χ1v) is 3.22. The molecule has 0 aromatic heterocycles. The van der Waals surface area contributed by atoms with E-state index in [1.807, 2.05) is 0 Å². The highest BCUT2D eigenvalue weighted by atomic mass is 35.5. The predicted molar refractivity (Wildman–Crippen MR) is 42.9 cm³/mol. The van der Waals surface area contributed by atoms with Gasteiger partial charge in [-0.2, -0.15) is 0 Å². The Morgan fingerprint density at radius 2 is 1.83 bits per heavy atom. The van der Waals surface area contributed by atoms with Gasteiger partial charge in [0.2, 0.25) is 0 Å². The summed E-state index contributed by atoms with van der Waals surface area (Å²) in [6.07, 6.45) is -0.150. The Morgan fingerprint density at radius 1 is 1.42 bits per heavy atom. The quantitative estimate of drug-likeness (QED) is 0.694. The smallest absolute Gasteiger partial charge is 0.320 e. The summed E-state index contributed by atoms with van der Waals surface area (Å²) in [5.74, 6) is -2.10. The Kier molecular flexibility index (Phi) is 8.52. The molecule has 0 aliphatic carbocycles. The number of halogens is 3. The minimum absolute atomic E-state index is 0. The molecule has 74 valence electrons. The maximum atomic E-state index is 11.8. The lowest BCUT2D eigenvalue weighted by atomic mass is 10.0. The molecule has 0 aliphatic heterocycles. The van der Waals surface area contributed by atoms with Gasteiger partial charge < -0.3 is 10.8 Å². The molecule has 0 saturated carbocycles. The number of hydrogen-bond acceptors (Lipinski definition) is 2. The van der Waals surface area contributed by atoms with Crippen LogP contribution in [0.4, 0.5) is 8.78 Å². The van der Waals surface area contributed by atoms with Crippen LogP contribution in [0.5, 0.6) is 0 Å². The van der Waals surface area contributed by atoms with Crippen molar-refractivity contribution in [3.8, 4) is 0 Å². The van der Waals surface area contributed by atoms with Crippen molar-refractivity contribution in [2.45, 2.75) is 12.5 Å². The Balaban J connectivity index is 0. The molecule has 0 bridgehead atoms. The van der Waals surface area contributed by atoms with Gasteiger partial charge in [-0.1, -0.05) is 0 Å². The molecule has 1 atom stereocenters. The highest BCUT2D eigenvalue weighted by Gasteiger charge is 2.18. The summed E-state index contributed by atoms with van der Waals surface area (Å²) >= 11 is 0. The zero-order chi connectivity index (χ0) is 8.85. The van der Waals surface area contributed by atoms with Crippen molar-refractivity contribution >= 4 is 18.4 Å². The van der Waals surface area contributed by atoms with Crippen molar-refractivity contribution in [1.29, 1.82) is 0 Å². The van der Waals surface area contributed by atoms with Gasteiger partial charge in [0.1, 0.15) is 6.04 Å². The fraction of sp³-hybridized carbons (Fsp3) is 0.833. The van der Waals surface area contributed by atoms with Gasteiger partial charge in [0.15, 0.2) is 0 Å². The molecular weight excluding hydrogens is 192 g/mol. The minimum atomic E-state index is -1.23. The van der Waals surface area contributed by atoms with Gasteiger partial charge >= 0.3 is 5.97 Å². The summed E-state index contributed by atoms with van der Waals surface area (Å²) in [4.78, 5) is 10.1. The van der Waals surface area contributed by atoms with E-state index >= 15 is 0 Å². The van der Waals surface area contributed by atoms with Gasteiger partial charge in [-0.3, -0.25) is 13.6 Å². The van der Waals surface area contributed by atoms with E-state index in [4.69, 9.17) is 10.8 Å². The molecule has 0 unspecified atom stereocenters. The molecule has 0 fully saturated rings. The van der Waals surface area contributed by atoms with Crippen molar-refractivity contribution in [2.24, 2.45) is 11.7 Å². The fourth-order valence-electron chi connectivity index (χ4n) is 0.627. The van der Waals surface area contributed by atoms with E-state index in [-0.39, 0.29) is 18.8 Å². The number of carbonyl (C=O) groups is 1. The standard InChI is InChI=1S/C6H11F2NO2.ClH/c7-2-4(3-8)1-5(9)6(10)11;/h4-5H,1-3,9H2,(H,10,11);1H/t5-;/m0./s1. The van der Waals surface area contributed by atoms with Crippen LogP contribution in [0, 0.1) is 5.92 Å². The molecule has 6 heteroatoms. The summed E-state index contributed by atoms with van der Waals surface area (Å²) in [6, 6.07) is -1.16. The van der Waals surface area contributed by atoms with Crippen LogP contribution < -0.4 is 5.73 Å². The predicted octanol–water partition coefficient (Wildman–Crippen LogP) is 0.765. The molecule has 0 aliphatic rings. The number of aliphatic carboxylic acids is 1. The molecule has 0 rings (SSSR count). The second-order valence-corrected chi connectivity index (χ2v) is 2.36. The third-order valence-electron chi connectivity index (χ3n) is 1.34. The highest BCUT2D eigenvalue weighted by Crippen LogP contribution is 2.07. The van der Waals surface area contributed by atoms with Crippen LogP contribution in [-0.4, -0.2) is 30.5 Å². The molecule has 0 spiro atoms. The van der Waals surface area contributed by atoms with E-state index in [9.17, 15) is 13.6 Å². The van der Waals surface area contributed by atoms with Crippen molar-refractivity contribution in [3.63, 3.8) is 0 Å². The zero-order valence-electron chi connectivity index (χ0n) is 6.37. The first-order chi connectivity index (χ1) is 5.11. The molecule has 3 N–H and O–H groups in total. The van der Waals surface area contributed by atoms with Crippen molar-refractivity contribution in [1.82, 2.24) is 0 Å². The topological polar surface area (TPSA) is 63.3 Å². The lowest BCUT2D eigenvalue weighted by molar-refractivity contribution is -0.139. The van der Waals surface area contributed by atoms with Crippen molar-refractivity contribution < 1.29 is 18.7 Å². The van der Waals surface area contributed by atoms with Crippen molar-refractivity contribution in [2.75, 3.05) is 13.3 Å². The molecule has 3 nitrogen and oxygen atoms in total. The molecule has 0 heterocycles. The van der Waals surface area contributed by atoms with E-state index in [1.54, 1.807) is 0 Å². The van der Waals surface area contributed by atoms with Gasteiger partial charge in [-0.05, 0) is 6.42 Å². The SMILES string of the molecule is Cl.N[C@@H](CC(CF)CF)C(=O)O. The summed E-state index contributed by atoms with van der Waals surface area (Å²) in [6.45, 7) is -1.73. The minimum Gasteiger partial charge on any atom is -0.480 e. The van der Waals surface area contributed by atoms with Gasteiger partial charge in [-0.15, -0.1) is 12.4 Å². The highest BCUT2D eigenvalue weighted by molar-refractivity contribution is 5.85. The second kappa shape index (κ2) is 7.24. The third-order valence-corrected chi connectivity index (χ3v) is 1.34. The van der Waals surface area contributed by atoms with Crippen LogP contribution in [0.3, 0.4) is 0 Å². The third kappa shape index (κ3) is 5.26. The lowest BCUT2D eigenvalue weighted by Gasteiger charge is -2.10. The summed E-state index contributed by atoms with van der Waals surface area (Å²) in [5, 5.41) is 8.25. The average Bonchev–Trinajstić information content (AvgIpc) is 1.99. The molecule has 0 aromatic carbocycles. The first kappa shape index (κ1) is 14.1. The summed E-state index contributed by atoms with van der Waals surface area (Å²) in [5.41, 5.74) is 5.04. The van der Waals surface area contributed by atoms with E-state index in [1.165, 1.54) is 0 Å². The maximum absolute atomic E-state index is 11.8. The number of carboxylic acids is 1. The van der Waals surface area contributed by atoms with Gasteiger partial charge in [-0.25, -0.2) is 0 Å². The van der Waals surface area contributed by atoms with Crippen LogP contribution >= 0.6 is 12.4 Å². The van der Waals surface area contributed by atoms with Crippen LogP contribution in [0.25, 0.3) is 0 Å². The van der Waals surface area contributed by atoms with Crippen LogP contribution in [0.1, 0.15) is 6.42 Å². The Morgan fingerprint density at radius 3 is 2.08 bits per heavy atom. The lowest BCUT2D eigenvalue weighted by Crippen LogP contribution is -2.33. The summed E-state index contributed by atoms with van der Waals surface area (Å²) < 4.78 is 23.6. The Labute approximate surface area is 75.3 Å². The number of alkyl halides is 2. The molecule has 0 saturated heterocycles. The molecule has 0 amide bonds. The largest absolute Gasteiger partial charge is 0.480 e. The molecular formula is C6H12ClF2NO2. The normalized spacial score (nSPS) is 12.3. The Bertz CT molecular complexity index is 133. The summed E-state index contributed by atoms with van der Waals surface area (Å²) in [7, 11) is 0. The fourth-order valence-corrected chi connectivity index (χ4v) is 0.627. The maximum Gasteiger partial charge on any atom is 0.320 e. The second-order valence-electron chi connectivity index (χ2n) is 2.36. The van der Waals surface area contributed by atoms with Crippen molar-refractivity contribution in [3.05, 3.63) is 0 Å². The van der Waals surface area contributed by atoms with E-state index < -0.39 is 31.3 Å². The molecule has 0 aromatic rings. The van der Waals surface area contributed by atoms with Gasteiger partial charge in [0, 0.05) is 5.92 Å². The Hall–Kier alpha value is -0.420. The first-order valence-electron chi connectivity index (χ1n) is 3.22. The number of rotatable bonds is 5. The van der Waals surface area contributed by atoms with Gasteiger partial charge in [0.25, 0.3) is 0 Å². The molecule has 0 radical (unpaired) electrons. The van der Waals surface area contributed by atoms with Crippen LogP contribution in [0.2, 0.25) is 0 Å². The van der Waals surface area contributed by atoms with Crippen LogP contribution in [0.15, 0.2) is 0 Å². The van der Waals surface area contributed by atoms with Crippen LogP contribution in [-0.2, 0) is 4.79 Å². The van der Waals surface area contributed by atoms with E-state index in [2.05, 4.69) is 0 Å². The zero-order valence-corrected chi connectivity index (χ0v) is 7.19. The number of hydrogen-bond donors (Lipinski definition) is 2. The van der Waals surface area contributed by atoms with Gasteiger partial charge in [0.05, 0.1) is 13.3 Å².